The van der Waals surface area contributed by atoms with Gasteiger partial charge in [0, 0.05) is 24.0 Å². The molecule has 0 saturated carbocycles. The molecule has 15 heavy (non-hydrogen) atoms. The summed E-state index contributed by atoms with van der Waals surface area (Å²) >= 11 is 0. The molecule has 0 amide bonds. The minimum atomic E-state index is 0.181. The molecule has 1 aromatic rings. The van der Waals surface area contributed by atoms with Gasteiger partial charge in [0.15, 0.2) is 0 Å². The molecule has 0 fully saturated rings. The Morgan fingerprint density at radius 2 is 1.93 bits per heavy atom. The van der Waals surface area contributed by atoms with Crippen LogP contribution in [0.3, 0.4) is 0 Å². The van der Waals surface area contributed by atoms with Crippen molar-refractivity contribution in [1.29, 1.82) is 0 Å². The van der Waals surface area contributed by atoms with E-state index >= 15 is 0 Å². The zero-order chi connectivity index (χ0) is 11.6. The molecule has 0 radical (unpaired) electrons. The van der Waals surface area contributed by atoms with Crippen LogP contribution in [0.15, 0.2) is 18.2 Å². The van der Waals surface area contributed by atoms with Crippen LogP contribution in [0.2, 0.25) is 0 Å². The van der Waals surface area contributed by atoms with Crippen LogP contribution in [0.4, 0.5) is 11.4 Å². The Hall–Kier alpha value is -1.18. The number of nitrogens with zero attached hydrogens (tertiary/aromatic N) is 1. The number of nitrogen functional groups attached to an aromatic ring is 1. The van der Waals surface area contributed by atoms with E-state index in [4.69, 9.17) is 5.73 Å². The van der Waals surface area contributed by atoms with E-state index in [-0.39, 0.29) is 5.54 Å². The number of hydrogen-bond acceptors (Lipinski definition) is 2. The summed E-state index contributed by atoms with van der Waals surface area (Å²) in [6, 6.07) is 6.09. The highest BCUT2D eigenvalue weighted by molar-refractivity contribution is 5.59. The normalized spacial score (nSPS) is 11.5. The van der Waals surface area contributed by atoms with Crippen molar-refractivity contribution in [3.63, 3.8) is 0 Å². The third-order valence-electron chi connectivity index (χ3n) is 3.36. The van der Waals surface area contributed by atoms with E-state index in [1.165, 1.54) is 11.3 Å². The highest BCUT2D eigenvalue weighted by atomic mass is 15.2. The molecule has 0 bridgehead atoms. The molecule has 0 aromatic heterocycles. The van der Waals surface area contributed by atoms with E-state index in [0.29, 0.717) is 0 Å². The SMILES string of the molecule is CCC(C)(C)N(C)c1ccc(N)cc1C. The number of hydrogen-bond donors (Lipinski definition) is 1. The largest absolute Gasteiger partial charge is 0.399 e. The Morgan fingerprint density at radius 3 is 2.40 bits per heavy atom. The Morgan fingerprint density at radius 1 is 1.33 bits per heavy atom. The second kappa shape index (κ2) is 4.13. The Labute approximate surface area is 93.1 Å². The first kappa shape index (κ1) is 11.9. The minimum absolute atomic E-state index is 0.181. The maximum absolute atomic E-state index is 5.75. The fourth-order valence-corrected chi connectivity index (χ4v) is 1.62. The molecule has 2 heteroatoms. The topological polar surface area (TPSA) is 29.3 Å². The third kappa shape index (κ3) is 2.44. The molecule has 1 rings (SSSR count). The van der Waals surface area contributed by atoms with Gasteiger partial charge in [-0.2, -0.15) is 0 Å². The average molecular weight is 206 g/mol. The number of nitrogens with two attached hydrogens (primary N) is 1. The third-order valence-corrected chi connectivity index (χ3v) is 3.36. The van der Waals surface area contributed by atoms with Gasteiger partial charge in [0.1, 0.15) is 0 Å². The van der Waals surface area contributed by atoms with Crippen molar-refractivity contribution < 1.29 is 0 Å². The van der Waals surface area contributed by atoms with Crippen molar-refractivity contribution >= 4 is 11.4 Å². The monoisotopic (exact) mass is 206 g/mol. The van der Waals surface area contributed by atoms with Gasteiger partial charge < -0.3 is 10.6 Å². The van der Waals surface area contributed by atoms with Gasteiger partial charge in [-0.15, -0.1) is 0 Å². The number of rotatable bonds is 3. The smallest absolute Gasteiger partial charge is 0.0399 e. The minimum Gasteiger partial charge on any atom is -0.399 e. The zero-order valence-corrected chi connectivity index (χ0v) is 10.5. The summed E-state index contributed by atoms with van der Waals surface area (Å²) in [6.45, 7) is 8.82. The molecule has 84 valence electrons. The number of aryl methyl sites for hydroxylation is 1. The highest BCUT2D eigenvalue weighted by Crippen LogP contribution is 2.28. The van der Waals surface area contributed by atoms with Crippen LogP contribution in [-0.4, -0.2) is 12.6 Å². The van der Waals surface area contributed by atoms with Gasteiger partial charge in [-0.05, 0) is 51.0 Å². The first-order chi connectivity index (χ1) is 6.88. The summed E-state index contributed by atoms with van der Waals surface area (Å²) in [7, 11) is 2.14. The van der Waals surface area contributed by atoms with E-state index in [1.807, 2.05) is 12.1 Å². The molecule has 0 spiro atoms. The summed E-state index contributed by atoms with van der Waals surface area (Å²) in [6.07, 6.45) is 1.12. The average Bonchev–Trinajstić information content (AvgIpc) is 2.17. The summed E-state index contributed by atoms with van der Waals surface area (Å²) in [5.41, 5.74) is 9.26. The first-order valence-electron chi connectivity index (χ1n) is 5.48. The zero-order valence-electron chi connectivity index (χ0n) is 10.5. The Bertz CT molecular complexity index is 342. The van der Waals surface area contributed by atoms with E-state index in [0.717, 1.165) is 12.1 Å². The van der Waals surface area contributed by atoms with Crippen molar-refractivity contribution in [2.75, 3.05) is 17.7 Å². The van der Waals surface area contributed by atoms with E-state index in [1.54, 1.807) is 0 Å². The summed E-state index contributed by atoms with van der Waals surface area (Å²) in [5, 5.41) is 0. The van der Waals surface area contributed by atoms with Crippen LogP contribution in [-0.2, 0) is 0 Å². The molecule has 0 atom stereocenters. The van der Waals surface area contributed by atoms with E-state index in [9.17, 15) is 0 Å². The van der Waals surface area contributed by atoms with Crippen LogP contribution < -0.4 is 10.6 Å². The van der Waals surface area contributed by atoms with Crippen molar-refractivity contribution in [2.24, 2.45) is 0 Å². The van der Waals surface area contributed by atoms with Gasteiger partial charge in [-0.3, -0.25) is 0 Å². The maximum Gasteiger partial charge on any atom is 0.0399 e. The lowest BCUT2D eigenvalue weighted by atomic mass is 9.98. The lowest BCUT2D eigenvalue weighted by Crippen LogP contribution is -2.40. The number of benzene rings is 1. The molecule has 1 aromatic carbocycles. The summed E-state index contributed by atoms with van der Waals surface area (Å²) in [5.74, 6) is 0. The molecule has 0 aliphatic heterocycles. The Balaban J connectivity index is 3.06. The second-order valence-corrected chi connectivity index (χ2v) is 4.77. The molecule has 0 heterocycles. The molecular formula is C13H22N2. The van der Waals surface area contributed by atoms with Crippen LogP contribution >= 0.6 is 0 Å². The van der Waals surface area contributed by atoms with Crippen molar-refractivity contribution in [1.82, 2.24) is 0 Å². The molecule has 0 aliphatic carbocycles. The van der Waals surface area contributed by atoms with Crippen LogP contribution in [0.1, 0.15) is 32.8 Å². The van der Waals surface area contributed by atoms with Crippen LogP contribution in [0, 0.1) is 6.92 Å². The quantitative estimate of drug-likeness (QED) is 0.769. The highest BCUT2D eigenvalue weighted by Gasteiger charge is 2.22. The number of anilines is 2. The van der Waals surface area contributed by atoms with Crippen molar-refractivity contribution in [3.05, 3.63) is 23.8 Å². The lowest BCUT2D eigenvalue weighted by molar-refractivity contribution is 0.470. The molecular weight excluding hydrogens is 184 g/mol. The van der Waals surface area contributed by atoms with Gasteiger partial charge in [0.25, 0.3) is 0 Å². The fraction of sp³-hybridized carbons (Fsp3) is 0.538. The van der Waals surface area contributed by atoms with Crippen LogP contribution in [0.25, 0.3) is 0 Å². The van der Waals surface area contributed by atoms with Crippen molar-refractivity contribution in [2.45, 2.75) is 39.7 Å². The summed E-state index contributed by atoms with van der Waals surface area (Å²) < 4.78 is 0. The van der Waals surface area contributed by atoms with Crippen molar-refractivity contribution in [3.8, 4) is 0 Å². The predicted molar refractivity (Wildman–Crippen MR) is 68.4 cm³/mol. The standard InChI is InChI=1S/C13H22N2/c1-6-13(3,4)15(5)12-8-7-11(14)9-10(12)2/h7-9H,6,14H2,1-5H3. The van der Waals surface area contributed by atoms with E-state index in [2.05, 4.69) is 45.7 Å². The van der Waals surface area contributed by atoms with Gasteiger partial charge in [0.05, 0.1) is 0 Å². The van der Waals surface area contributed by atoms with E-state index < -0.39 is 0 Å². The molecule has 0 aliphatic rings. The Kier molecular flexibility index (Phi) is 3.28. The molecule has 0 saturated heterocycles. The maximum atomic E-state index is 5.75. The lowest BCUT2D eigenvalue weighted by Gasteiger charge is -2.37. The molecule has 0 unspecified atom stereocenters. The van der Waals surface area contributed by atoms with Gasteiger partial charge in [-0.25, -0.2) is 0 Å². The predicted octanol–water partition coefficient (Wildman–Crippen LogP) is 3.20. The first-order valence-corrected chi connectivity index (χ1v) is 5.48. The van der Waals surface area contributed by atoms with Crippen LogP contribution in [0.5, 0.6) is 0 Å². The molecule has 2 nitrogen and oxygen atoms in total. The van der Waals surface area contributed by atoms with Gasteiger partial charge >= 0.3 is 0 Å². The van der Waals surface area contributed by atoms with Gasteiger partial charge in [0.2, 0.25) is 0 Å². The summed E-state index contributed by atoms with van der Waals surface area (Å²) in [4.78, 5) is 2.32. The fourth-order valence-electron chi connectivity index (χ4n) is 1.62. The van der Waals surface area contributed by atoms with Gasteiger partial charge in [-0.1, -0.05) is 6.92 Å². The molecule has 2 N–H and O–H groups in total. The second-order valence-electron chi connectivity index (χ2n) is 4.77.